The van der Waals surface area contributed by atoms with E-state index in [9.17, 15) is 18.0 Å². The molecule has 0 bridgehead atoms. The number of sulfone groups is 1. The van der Waals surface area contributed by atoms with Gasteiger partial charge in [0.15, 0.2) is 15.6 Å². The highest BCUT2D eigenvalue weighted by atomic mass is 32.2. The van der Waals surface area contributed by atoms with Crippen molar-refractivity contribution in [2.24, 2.45) is 0 Å². The molecule has 0 radical (unpaired) electrons. The van der Waals surface area contributed by atoms with Gasteiger partial charge in [0.25, 0.3) is 5.91 Å². The molecule has 0 spiro atoms. The Morgan fingerprint density at radius 1 is 0.862 bits per heavy atom. The van der Waals surface area contributed by atoms with Crippen LogP contribution in [0, 0.1) is 6.92 Å². The topological polar surface area (TPSA) is 80.3 Å². The Morgan fingerprint density at radius 3 is 2.21 bits per heavy atom. The van der Waals surface area contributed by atoms with Crippen molar-refractivity contribution in [3.05, 3.63) is 95.1 Å². The quantitative estimate of drug-likeness (QED) is 0.625. The molecule has 0 aliphatic rings. The van der Waals surface area contributed by atoms with E-state index in [-0.39, 0.29) is 23.0 Å². The molecule has 1 N–H and O–H groups in total. The fraction of sp³-hybridized carbons (Fsp3) is 0.130. The van der Waals surface area contributed by atoms with Crippen molar-refractivity contribution < 1.29 is 18.0 Å². The number of hydrogen-bond donors (Lipinski definition) is 1. The van der Waals surface area contributed by atoms with Gasteiger partial charge in [-0.2, -0.15) is 0 Å². The van der Waals surface area contributed by atoms with Gasteiger partial charge in [-0.3, -0.25) is 9.59 Å². The van der Waals surface area contributed by atoms with Gasteiger partial charge in [0, 0.05) is 23.8 Å². The predicted octanol–water partition coefficient (Wildman–Crippen LogP) is 4.08. The lowest BCUT2D eigenvalue weighted by Crippen LogP contribution is -2.16. The van der Waals surface area contributed by atoms with Crippen molar-refractivity contribution in [3.8, 4) is 0 Å². The SMILES string of the molecule is Cc1ccccc1C(=O)Nc1ccccc1C(=O)Cc1cccc(S(C)(=O)=O)c1. The van der Waals surface area contributed by atoms with Gasteiger partial charge in [-0.05, 0) is 48.4 Å². The molecule has 5 nitrogen and oxygen atoms in total. The van der Waals surface area contributed by atoms with Crippen molar-refractivity contribution >= 4 is 27.2 Å². The third-order valence-corrected chi connectivity index (χ3v) is 5.67. The molecule has 29 heavy (non-hydrogen) atoms. The molecule has 3 aromatic carbocycles. The molecule has 0 aliphatic carbocycles. The maximum absolute atomic E-state index is 12.9. The van der Waals surface area contributed by atoms with Crippen LogP contribution in [0.3, 0.4) is 0 Å². The Balaban J connectivity index is 1.84. The maximum atomic E-state index is 12.9. The number of hydrogen-bond acceptors (Lipinski definition) is 4. The van der Waals surface area contributed by atoms with Crippen LogP contribution in [-0.4, -0.2) is 26.4 Å². The lowest BCUT2D eigenvalue weighted by molar-refractivity contribution is 0.0993. The summed E-state index contributed by atoms with van der Waals surface area (Å²) in [6.07, 6.45) is 1.16. The van der Waals surface area contributed by atoms with E-state index in [0.717, 1.165) is 11.8 Å². The molecule has 148 valence electrons. The van der Waals surface area contributed by atoms with E-state index in [2.05, 4.69) is 5.32 Å². The van der Waals surface area contributed by atoms with Gasteiger partial charge in [0.1, 0.15) is 0 Å². The number of benzene rings is 3. The number of nitrogens with one attached hydrogen (secondary N) is 1. The second kappa shape index (κ2) is 8.41. The van der Waals surface area contributed by atoms with Crippen LogP contribution in [0.1, 0.15) is 31.8 Å². The van der Waals surface area contributed by atoms with E-state index in [0.29, 0.717) is 22.4 Å². The Morgan fingerprint density at radius 2 is 1.52 bits per heavy atom. The highest BCUT2D eigenvalue weighted by Crippen LogP contribution is 2.20. The first-order valence-corrected chi connectivity index (χ1v) is 10.9. The van der Waals surface area contributed by atoms with Gasteiger partial charge in [-0.15, -0.1) is 0 Å². The normalized spacial score (nSPS) is 11.1. The minimum Gasteiger partial charge on any atom is -0.321 e. The third-order valence-electron chi connectivity index (χ3n) is 4.56. The van der Waals surface area contributed by atoms with Gasteiger partial charge in [-0.1, -0.05) is 42.5 Å². The molecule has 1 amide bonds. The average Bonchev–Trinajstić information content (AvgIpc) is 2.68. The number of amides is 1. The summed E-state index contributed by atoms with van der Waals surface area (Å²) >= 11 is 0. The maximum Gasteiger partial charge on any atom is 0.255 e. The summed E-state index contributed by atoms with van der Waals surface area (Å²) in [6, 6.07) is 20.3. The van der Waals surface area contributed by atoms with Crippen LogP contribution in [0.2, 0.25) is 0 Å². The minimum absolute atomic E-state index is 0.0284. The standard InChI is InChI=1S/C23H21NO4S/c1-16-8-3-4-11-19(16)23(26)24-21-13-6-5-12-20(21)22(25)15-17-9-7-10-18(14-17)29(2,27)28/h3-14H,15H2,1-2H3,(H,24,26). The largest absolute Gasteiger partial charge is 0.321 e. The van der Waals surface area contributed by atoms with Gasteiger partial charge >= 0.3 is 0 Å². The van der Waals surface area contributed by atoms with Crippen molar-refractivity contribution in [1.82, 2.24) is 0 Å². The molecule has 0 saturated heterocycles. The molecule has 0 atom stereocenters. The molecule has 0 fully saturated rings. The van der Waals surface area contributed by atoms with Crippen LogP contribution in [0.5, 0.6) is 0 Å². The summed E-state index contributed by atoms with van der Waals surface area (Å²) < 4.78 is 23.5. The zero-order chi connectivity index (χ0) is 21.0. The Hall–Kier alpha value is -3.25. The lowest BCUT2D eigenvalue weighted by Gasteiger charge is -2.12. The second-order valence-electron chi connectivity index (χ2n) is 6.83. The summed E-state index contributed by atoms with van der Waals surface area (Å²) in [7, 11) is -3.35. The van der Waals surface area contributed by atoms with E-state index >= 15 is 0 Å². The third kappa shape index (κ3) is 4.97. The number of para-hydroxylation sites is 1. The molecule has 0 aliphatic heterocycles. The highest BCUT2D eigenvalue weighted by molar-refractivity contribution is 7.90. The second-order valence-corrected chi connectivity index (χ2v) is 8.85. The summed E-state index contributed by atoms with van der Waals surface area (Å²) in [6.45, 7) is 1.85. The van der Waals surface area contributed by atoms with Crippen LogP contribution in [0.15, 0.2) is 77.7 Å². The molecular weight excluding hydrogens is 386 g/mol. The van der Waals surface area contributed by atoms with Crippen molar-refractivity contribution in [1.29, 1.82) is 0 Å². The van der Waals surface area contributed by atoms with Crippen molar-refractivity contribution in [3.63, 3.8) is 0 Å². The van der Waals surface area contributed by atoms with E-state index < -0.39 is 9.84 Å². The Labute approximate surface area is 170 Å². The fourth-order valence-corrected chi connectivity index (χ4v) is 3.71. The molecular formula is C23H21NO4S. The first-order valence-electron chi connectivity index (χ1n) is 9.04. The zero-order valence-electron chi connectivity index (χ0n) is 16.2. The number of aryl methyl sites for hydroxylation is 1. The summed E-state index contributed by atoms with van der Waals surface area (Å²) in [5.74, 6) is -0.501. The molecule has 3 aromatic rings. The Kier molecular flexibility index (Phi) is 5.94. The number of anilines is 1. The van der Waals surface area contributed by atoms with Crippen LogP contribution in [0.25, 0.3) is 0 Å². The molecule has 6 heteroatoms. The van der Waals surface area contributed by atoms with E-state index in [1.807, 2.05) is 19.1 Å². The monoisotopic (exact) mass is 407 g/mol. The Bertz CT molecular complexity index is 1180. The summed E-state index contributed by atoms with van der Waals surface area (Å²) in [5.41, 5.74) is 2.77. The van der Waals surface area contributed by atoms with Gasteiger partial charge in [-0.25, -0.2) is 8.42 Å². The molecule has 0 aromatic heterocycles. The lowest BCUT2D eigenvalue weighted by atomic mass is 10.0. The van der Waals surface area contributed by atoms with E-state index in [1.165, 1.54) is 12.1 Å². The molecule has 0 unspecified atom stereocenters. The minimum atomic E-state index is -3.35. The fourth-order valence-electron chi connectivity index (χ4n) is 3.02. The van der Waals surface area contributed by atoms with Gasteiger partial charge in [0.05, 0.1) is 10.6 Å². The van der Waals surface area contributed by atoms with Crippen LogP contribution in [-0.2, 0) is 16.3 Å². The smallest absolute Gasteiger partial charge is 0.255 e. The average molecular weight is 407 g/mol. The van der Waals surface area contributed by atoms with Gasteiger partial charge in [0.2, 0.25) is 0 Å². The number of ketones is 1. The van der Waals surface area contributed by atoms with Crippen LogP contribution in [0.4, 0.5) is 5.69 Å². The van der Waals surface area contributed by atoms with Gasteiger partial charge < -0.3 is 5.32 Å². The van der Waals surface area contributed by atoms with E-state index in [4.69, 9.17) is 0 Å². The first-order chi connectivity index (χ1) is 13.8. The molecule has 0 heterocycles. The number of rotatable bonds is 6. The molecule has 3 rings (SSSR count). The first kappa shape index (κ1) is 20.5. The number of Topliss-reactive ketones (excluding diaryl/α,β-unsaturated/α-hetero) is 1. The van der Waals surface area contributed by atoms with Crippen molar-refractivity contribution in [2.75, 3.05) is 11.6 Å². The summed E-state index contributed by atoms with van der Waals surface area (Å²) in [5, 5.41) is 2.81. The predicted molar refractivity (Wildman–Crippen MR) is 113 cm³/mol. The highest BCUT2D eigenvalue weighted by Gasteiger charge is 2.16. The van der Waals surface area contributed by atoms with Crippen molar-refractivity contribution in [2.45, 2.75) is 18.2 Å². The summed E-state index contributed by atoms with van der Waals surface area (Å²) in [4.78, 5) is 25.7. The zero-order valence-corrected chi connectivity index (χ0v) is 17.0. The molecule has 0 saturated carbocycles. The number of carbonyl (C=O) groups is 2. The van der Waals surface area contributed by atoms with E-state index in [1.54, 1.807) is 48.5 Å². The van der Waals surface area contributed by atoms with Crippen LogP contribution < -0.4 is 5.32 Å². The number of carbonyl (C=O) groups excluding carboxylic acids is 2. The van der Waals surface area contributed by atoms with Crippen LogP contribution >= 0.6 is 0 Å².